The first kappa shape index (κ1) is 30.0. The first-order valence-electron chi connectivity index (χ1n) is 14.0. The molecular formula is C31H48O5. The number of aryl methyl sites for hydroxylation is 1. The lowest BCUT2D eigenvalue weighted by Crippen LogP contribution is -2.23. The van der Waals surface area contributed by atoms with Gasteiger partial charge in [0.2, 0.25) is 0 Å². The minimum absolute atomic E-state index is 0.0173. The number of unbranched alkanes of at least 4 members (excludes halogenated alkanes) is 5. The lowest BCUT2D eigenvalue weighted by molar-refractivity contribution is 0.0228. The Morgan fingerprint density at radius 3 is 2.53 bits per heavy atom. The van der Waals surface area contributed by atoms with Gasteiger partial charge >= 0.3 is 5.97 Å². The van der Waals surface area contributed by atoms with Crippen molar-refractivity contribution in [3.63, 3.8) is 0 Å². The van der Waals surface area contributed by atoms with E-state index < -0.39 is 12.1 Å². The number of carbonyl (C=O) groups excluding carboxylic acids is 1. The number of phenols is 2. The third-order valence-electron chi connectivity index (χ3n) is 7.63. The van der Waals surface area contributed by atoms with Crippen LogP contribution in [0.1, 0.15) is 119 Å². The number of rotatable bonds is 15. The van der Waals surface area contributed by atoms with Gasteiger partial charge in [-0.05, 0) is 62.5 Å². The molecule has 1 aliphatic rings. The highest BCUT2D eigenvalue weighted by Gasteiger charge is 2.34. The van der Waals surface area contributed by atoms with Gasteiger partial charge in [0.25, 0.3) is 0 Å². The van der Waals surface area contributed by atoms with E-state index in [1.54, 1.807) is 6.07 Å². The molecule has 0 saturated heterocycles. The molecule has 5 heteroatoms. The molecule has 0 heterocycles. The second kappa shape index (κ2) is 15.1. The van der Waals surface area contributed by atoms with Crippen molar-refractivity contribution >= 4 is 5.97 Å². The average molecular weight is 501 g/mol. The maximum Gasteiger partial charge on any atom is 0.342 e. The van der Waals surface area contributed by atoms with Crippen molar-refractivity contribution < 1.29 is 24.9 Å². The van der Waals surface area contributed by atoms with Gasteiger partial charge in [-0.15, -0.1) is 6.58 Å². The number of esters is 1. The van der Waals surface area contributed by atoms with E-state index in [2.05, 4.69) is 40.3 Å². The number of aromatic hydroxyl groups is 2. The average Bonchev–Trinajstić information content (AvgIpc) is 2.85. The lowest BCUT2D eigenvalue weighted by atomic mass is 9.70. The Balaban J connectivity index is 2.39. The predicted octanol–water partition coefficient (Wildman–Crippen LogP) is 7.58. The van der Waals surface area contributed by atoms with Gasteiger partial charge in [-0.3, -0.25) is 0 Å². The largest absolute Gasteiger partial charge is 0.507 e. The Bertz CT molecular complexity index is 887. The molecule has 1 aromatic carbocycles. The number of carbonyl (C=O) groups is 1. The molecule has 4 atom stereocenters. The summed E-state index contributed by atoms with van der Waals surface area (Å²) in [6.07, 6.45) is 13.3. The number of aliphatic hydroxyl groups excluding tert-OH is 1. The number of benzene rings is 1. The van der Waals surface area contributed by atoms with Gasteiger partial charge in [0, 0.05) is 11.5 Å². The van der Waals surface area contributed by atoms with Crippen LogP contribution in [0.5, 0.6) is 11.5 Å². The molecule has 0 saturated carbocycles. The second-order valence-corrected chi connectivity index (χ2v) is 10.6. The molecule has 1 aliphatic carbocycles. The highest BCUT2D eigenvalue weighted by atomic mass is 16.5. The van der Waals surface area contributed by atoms with Crippen LogP contribution in [0, 0.1) is 11.8 Å². The van der Waals surface area contributed by atoms with Gasteiger partial charge in [0.15, 0.2) is 0 Å². The number of allylic oxidation sites excluding steroid dienone is 3. The third-order valence-corrected chi connectivity index (χ3v) is 7.63. The van der Waals surface area contributed by atoms with E-state index in [-0.39, 0.29) is 41.4 Å². The second-order valence-electron chi connectivity index (χ2n) is 10.6. The molecule has 0 bridgehead atoms. The van der Waals surface area contributed by atoms with Crippen molar-refractivity contribution in [2.45, 2.75) is 110 Å². The van der Waals surface area contributed by atoms with Crippen LogP contribution in [-0.2, 0) is 11.2 Å². The zero-order chi connectivity index (χ0) is 26.7. The summed E-state index contributed by atoms with van der Waals surface area (Å²) in [6, 6.07) is 1.63. The fourth-order valence-electron chi connectivity index (χ4n) is 5.33. The molecular weight excluding hydrogens is 452 g/mol. The van der Waals surface area contributed by atoms with E-state index in [0.717, 1.165) is 57.8 Å². The molecule has 1 aromatic rings. The standard InChI is InChI=1S/C31H48O5/c1-6-9-11-13-15-24(32)20-36-31(35)28-23(14-12-10-7-2)19-27(33)29(30(28)34)26-18-21(4)16-17-25(26)22(5)8-3/h8,18-19,22,24-26,32-34H,3,6-7,9-17,20H2,1-2,4-5H3/t22?,24?,25-,26+/m0/s1. The van der Waals surface area contributed by atoms with E-state index in [4.69, 9.17) is 4.74 Å². The summed E-state index contributed by atoms with van der Waals surface area (Å²) < 4.78 is 5.51. The Morgan fingerprint density at radius 1 is 1.17 bits per heavy atom. The first-order chi connectivity index (χ1) is 17.2. The molecule has 5 nitrogen and oxygen atoms in total. The molecule has 0 spiro atoms. The summed E-state index contributed by atoms with van der Waals surface area (Å²) in [5, 5.41) is 32.9. The summed E-state index contributed by atoms with van der Waals surface area (Å²) in [6.45, 7) is 12.3. The van der Waals surface area contributed by atoms with Crippen LogP contribution in [0.25, 0.3) is 0 Å². The van der Waals surface area contributed by atoms with Crippen LogP contribution in [0.15, 0.2) is 30.4 Å². The van der Waals surface area contributed by atoms with E-state index in [1.807, 2.05) is 6.08 Å². The minimum Gasteiger partial charge on any atom is -0.507 e. The summed E-state index contributed by atoms with van der Waals surface area (Å²) in [7, 11) is 0. The van der Waals surface area contributed by atoms with E-state index in [0.29, 0.717) is 24.0 Å². The Kier molecular flexibility index (Phi) is 12.6. The number of ether oxygens (including phenoxy) is 1. The van der Waals surface area contributed by atoms with E-state index >= 15 is 0 Å². The molecule has 0 aliphatic heterocycles. The summed E-state index contributed by atoms with van der Waals surface area (Å²) in [5.74, 6) is -0.710. The van der Waals surface area contributed by atoms with Crippen LogP contribution in [0.2, 0.25) is 0 Å². The molecule has 0 radical (unpaired) electrons. The number of aliphatic hydroxyl groups is 1. The van der Waals surface area contributed by atoms with Gasteiger partial charge < -0.3 is 20.1 Å². The van der Waals surface area contributed by atoms with E-state index in [9.17, 15) is 20.1 Å². The fraction of sp³-hybridized carbons (Fsp3) is 0.645. The summed E-state index contributed by atoms with van der Waals surface area (Å²) in [5.41, 5.74) is 2.31. The smallest absolute Gasteiger partial charge is 0.342 e. The molecule has 202 valence electrons. The Labute approximate surface area is 218 Å². The summed E-state index contributed by atoms with van der Waals surface area (Å²) in [4.78, 5) is 13.3. The number of phenolic OH excluding ortho intramolecular Hbond substituents is 2. The van der Waals surface area contributed by atoms with Crippen molar-refractivity contribution in [2.24, 2.45) is 11.8 Å². The van der Waals surface area contributed by atoms with Gasteiger partial charge in [-0.25, -0.2) is 4.79 Å². The monoisotopic (exact) mass is 500 g/mol. The normalized spacial score (nSPS) is 19.4. The minimum atomic E-state index is -0.727. The van der Waals surface area contributed by atoms with Crippen molar-refractivity contribution in [1.29, 1.82) is 0 Å². The molecule has 0 amide bonds. The van der Waals surface area contributed by atoms with Crippen LogP contribution in [0.3, 0.4) is 0 Å². The highest BCUT2D eigenvalue weighted by Crippen LogP contribution is 2.48. The zero-order valence-corrected chi connectivity index (χ0v) is 22.9. The molecule has 0 fully saturated rings. The van der Waals surface area contributed by atoms with Crippen molar-refractivity contribution in [3.05, 3.63) is 47.1 Å². The highest BCUT2D eigenvalue weighted by molar-refractivity contribution is 5.95. The van der Waals surface area contributed by atoms with Crippen LogP contribution in [0.4, 0.5) is 0 Å². The third kappa shape index (κ3) is 8.12. The first-order valence-corrected chi connectivity index (χ1v) is 14.0. The Morgan fingerprint density at radius 2 is 1.86 bits per heavy atom. The lowest BCUT2D eigenvalue weighted by Gasteiger charge is -2.34. The van der Waals surface area contributed by atoms with Gasteiger partial charge in [0.05, 0.1) is 6.10 Å². The van der Waals surface area contributed by atoms with Gasteiger partial charge in [-0.1, -0.05) is 77.0 Å². The van der Waals surface area contributed by atoms with Gasteiger partial charge in [0.1, 0.15) is 23.7 Å². The quantitative estimate of drug-likeness (QED) is 0.131. The van der Waals surface area contributed by atoms with Crippen molar-refractivity contribution in [2.75, 3.05) is 6.61 Å². The predicted molar refractivity (Wildman–Crippen MR) is 147 cm³/mol. The van der Waals surface area contributed by atoms with Crippen LogP contribution >= 0.6 is 0 Å². The molecule has 36 heavy (non-hydrogen) atoms. The topological polar surface area (TPSA) is 87.0 Å². The van der Waals surface area contributed by atoms with Crippen LogP contribution in [-0.4, -0.2) is 34.0 Å². The Hall–Kier alpha value is -2.27. The van der Waals surface area contributed by atoms with Crippen molar-refractivity contribution in [1.82, 2.24) is 0 Å². The fourth-order valence-corrected chi connectivity index (χ4v) is 5.33. The zero-order valence-electron chi connectivity index (χ0n) is 22.9. The molecule has 2 unspecified atom stereocenters. The SMILES string of the molecule is C=CC(C)[C@@H]1CCC(C)=C[C@H]1c1c(O)cc(CCCCC)c(C(=O)OCC(O)CCCCCC)c1O. The molecule has 2 rings (SSSR count). The van der Waals surface area contributed by atoms with Crippen LogP contribution < -0.4 is 0 Å². The molecule has 3 N–H and O–H groups in total. The van der Waals surface area contributed by atoms with Gasteiger partial charge in [-0.2, -0.15) is 0 Å². The van der Waals surface area contributed by atoms with Crippen molar-refractivity contribution in [3.8, 4) is 11.5 Å². The summed E-state index contributed by atoms with van der Waals surface area (Å²) >= 11 is 0. The molecule has 0 aromatic heterocycles. The maximum atomic E-state index is 13.3. The van der Waals surface area contributed by atoms with E-state index in [1.165, 1.54) is 5.57 Å². The maximum absolute atomic E-state index is 13.3. The number of hydrogen-bond acceptors (Lipinski definition) is 5. The number of hydrogen-bond donors (Lipinski definition) is 3.